The predicted molar refractivity (Wildman–Crippen MR) is 101 cm³/mol. The molecule has 0 aliphatic heterocycles. The van der Waals surface area contributed by atoms with Gasteiger partial charge in [0.25, 0.3) is 0 Å². The van der Waals surface area contributed by atoms with Crippen LogP contribution in [0.1, 0.15) is 41.9 Å². The third-order valence-corrected chi connectivity index (χ3v) is 11.5. The zero-order valence-electron chi connectivity index (χ0n) is 15.5. The van der Waals surface area contributed by atoms with Crippen molar-refractivity contribution in [3.05, 3.63) is 80.7 Å². The summed E-state index contributed by atoms with van der Waals surface area (Å²) in [6, 6.07) is 17.9. The van der Waals surface area contributed by atoms with Crippen molar-refractivity contribution in [2.24, 2.45) is 5.41 Å². The molecule has 2 aromatic rings. The summed E-state index contributed by atoms with van der Waals surface area (Å²) in [5, 5.41) is 0. The van der Waals surface area contributed by atoms with Crippen LogP contribution >= 0.6 is 0 Å². The van der Waals surface area contributed by atoms with E-state index in [1.165, 1.54) is 27.8 Å². The van der Waals surface area contributed by atoms with Crippen LogP contribution in [-0.2, 0) is 21.3 Å². The number of benzene rings is 2. The molecule has 4 rings (SSSR count). The van der Waals surface area contributed by atoms with Crippen LogP contribution in [-0.4, -0.2) is 4.21 Å². The van der Waals surface area contributed by atoms with Gasteiger partial charge in [-0.2, -0.15) is 0 Å². The van der Waals surface area contributed by atoms with E-state index >= 15 is 0 Å². The Kier molecular flexibility index (Phi) is 6.71. The molecular weight excluding hydrogens is 438 g/mol. The molecule has 2 aromatic carbocycles. The minimum absolute atomic E-state index is 0. The molecule has 0 nitrogen and oxygen atoms in total. The van der Waals surface area contributed by atoms with Crippen molar-refractivity contribution in [1.29, 1.82) is 0 Å². The Hall–Kier alpha value is -0.747. The first-order valence-electron chi connectivity index (χ1n) is 8.75. The van der Waals surface area contributed by atoms with E-state index in [0.717, 1.165) is 6.42 Å². The van der Waals surface area contributed by atoms with Crippen molar-refractivity contribution < 1.29 is 46.1 Å². The van der Waals surface area contributed by atoms with Gasteiger partial charge >= 0.3 is 154 Å². The first-order valence-corrected chi connectivity index (χ1v) is 13.1. The van der Waals surface area contributed by atoms with E-state index in [1.54, 1.807) is 3.28 Å². The molecule has 0 spiro atoms. The standard InChI is InChI=1S/C13H9.C9H13.CH2.2ClH.Zr/c1-3-7-12-10(5-1)9-11-6-2-4-8-13(11)12;1-9(2,3)8-6-4-5-7-8;;;;/h1-9H;6-7H,4H2,1-3H3;1H2;2*1H;/q;;;;;+2/p-2. The summed E-state index contributed by atoms with van der Waals surface area (Å²) in [5.74, 6) is 0. The second-order valence-electron chi connectivity index (χ2n) is 7.92. The maximum absolute atomic E-state index is 4.81. The van der Waals surface area contributed by atoms with Crippen LogP contribution in [0.25, 0.3) is 11.1 Å². The molecule has 2 aliphatic rings. The van der Waals surface area contributed by atoms with E-state index < -0.39 is 21.3 Å². The maximum atomic E-state index is 4.81. The fraction of sp³-hybridized carbons (Fsp3) is 0.261. The number of fused-ring (bicyclic) bond motifs is 3. The second-order valence-corrected chi connectivity index (χ2v) is 13.5. The zero-order valence-corrected chi connectivity index (χ0v) is 19.5. The van der Waals surface area contributed by atoms with Crippen molar-refractivity contribution in [2.45, 2.75) is 30.8 Å². The molecule has 0 N–H and O–H groups in total. The average Bonchev–Trinajstić information content (AvgIpc) is 3.17. The number of hydrogen-bond acceptors (Lipinski definition) is 0. The van der Waals surface area contributed by atoms with Gasteiger partial charge in [-0.15, -0.1) is 0 Å². The third-order valence-electron chi connectivity index (χ3n) is 5.33. The largest absolute Gasteiger partial charge is 1.00 e. The van der Waals surface area contributed by atoms with Crippen LogP contribution in [0.15, 0.2) is 69.5 Å². The van der Waals surface area contributed by atoms with Crippen molar-refractivity contribution in [3.8, 4) is 11.1 Å². The fourth-order valence-corrected chi connectivity index (χ4v) is 9.72. The van der Waals surface area contributed by atoms with Crippen LogP contribution in [0.3, 0.4) is 0 Å². The minimum atomic E-state index is -2.00. The first kappa shape index (κ1) is 21.6. The third kappa shape index (κ3) is 3.64. The molecule has 0 heterocycles. The normalized spacial score (nSPS) is 14.8. The van der Waals surface area contributed by atoms with Crippen LogP contribution in [0.5, 0.6) is 0 Å². The molecule has 0 fully saturated rings. The summed E-state index contributed by atoms with van der Waals surface area (Å²) in [6.07, 6.45) is 6.06. The molecular formula is C23H24Cl2Zr. The quantitative estimate of drug-likeness (QED) is 0.593. The van der Waals surface area contributed by atoms with Crippen LogP contribution in [0.2, 0.25) is 0 Å². The van der Waals surface area contributed by atoms with Gasteiger partial charge in [0.1, 0.15) is 0 Å². The van der Waals surface area contributed by atoms with Crippen LogP contribution in [0, 0.1) is 5.41 Å². The topological polar surface area (TPSA) is 0 Å². The van der Waals surface area contributed by atoms with Crippen LogP contribution < -0.4 is 24.8 Å². The van der Waals surface area contributed by atoms with Crippen molar-refractivity contribution in [1.82, 2.24) is 0 Å². The Morgan fingerprint density at radius 3 is 1.85 bits per heavy atom. The maximum Gasteiger partial charge on any atom is -1.00 e. The van der Waals surface area contributed by atoms with E-state index in [-0.39, 0.29) is 30.2 Å². The van der Waals surface area contributed by atoms with E-state index in [2.05, 4.69) is 81.5 Å². The number of halogens is 2. The van der Waals surface area contributed by atoms with Gasteiger partial charge in [-0.1, -0.05) is 0 Å². The number of allylic oxidation sites excluding steroid dienone is 4. The van der Waals surface area contributed by atoms with Gasteiger partial charge < -0.3 is 24.8 Å². The molecule has 0 amide bonds. The van der Waals surface area contributed by atoms with E-state index in [1.807, 2.05) is 0 Å². The van der Waals surface area contributed by atoms with Crippen molar-refractivity contribution in [3.63, 3.8) is 0 Å². The molecule has 0 radical (unpaired) electrons. The van der Waals surface area contributed by atoms with Gasteiger partial charge in [0.15, 0.2) is 0 Å². The molecule has 0 unspecified atom stereocenters. The summed E-state index contributed by atoms with van der Waals surface area (Å²) in [6.45, 7) is 6.93. The Balaban J connectivity index is 0.00000121. The number of hydrogen-bond donors (Lipinski definition) is 0. The monoisotopic (exact) mass is 460 g/mol. The van der Waals surface area contributed by atoms with E-state index in [9.17, 15) is 0 Å². The molecule has 0 aromatic heterocycles. The first-order chi connectivity index (χ1) is 11.5. The van der Waals surface area contributed by atoms with Gasteiger partial charge in [-0.25, -0.2) is 0 Å². The van der Waals surface area contributed by atoms with Crippen molar-refractivity contribution >= 4 is 4.21 Å². The van der Waals surface area contributed by atoms with Gasteiger partial charge in [0.2, 0.25) is 0 Å². The van der Waals surface area contributed by atoms with Gasteiger partial charge in [-0.3, -0.25) is 0 Å². The molecule has 2 aliphatic carbocycles. The number of rotatable bonds is 2. The molecule has 0 bridgehead atoms. The second kappa shape index (κ2) is 8.09. The van der Waals surface area contributed by atoms with Gasteiger partial charge in [0.05, 0.1) is 0 Å². The predicted octanol–water partition coefficient (Wildman–Crippen LogP) is 0.0747. The molecule has 0 atom stereocenters. The SMILES string of the molecule is [CH2]=[Zr+2]([C]1=CC(C(C)(C)C)=CC1)[CH]1c2ccccc2-c2ccccc21.[Cl-].[Cl-]. The summed E-state index contributed by atoms with van der Waals surface area (Å²) >= 11 is -2.00. The summed E-state index contributed by atoms with van der Waals surface area (Å²) < 4.78 is 7.05. The Morgan fingerprint density at radius 2 is 1.38 bits per heavy atom. The molecule has 134 valence electrons. The molecule has 0 saturated heterocycles. The summed E-state index contributed by atoms with van der Waals surface area (Å²) in [4.78, 5) is 0. The molecule has 0 saturated carbocycles. The zero-order chi connectivity index (χ0) is 16.9. The van der Waals surface area contributed by atoms with Crippen LogP contribution in [0.4, 0.5) is 0 Å². The smallest absolute Gasteiger partial charge is 1.00 e. The summed E-state index contributed by atoms with van der Waals surface area (Å²) in [7, 11) is 0. The summed E-state index contributed by atoms with van der Waals surface area (Å²) in [5.41, 5.74) is 7.65. The van der Waals surface area contributed by atoms with E-state index in [0.29, 0.717) is 3.63 Å². The van der Waals surface area contributed by atoms with Gasteiger partial charge in [-0.05, 0) is 0 Å². The average molecular weight is 463 g/mol. The Bertz CT molecular complexity index is 855. The van der Waals surface area contributed by atoms with E-state index in [4.69, 9.17) is 4.21 Å². The van der Waals surface area contributed by atoms with Crippen molar-refractivity contribution in [2.75, 3.05) is 0 Å². The molecule has 26 heavy (non-hydrogen) atoms. The fourth-order valence-electron chi connectivity index (χ4n) is 3.99. The Labute approximate surface area is 177 Å². The molecule has 3 heteroatoms. The minimum Gasteiger partial charge on any atom is -1.00 e. The van der Waals surface area contributed by atoms with Gasteiger partial charge in [0, 0.05) is 0 Å². The Morgan fingerprint density at radius 1 is 0.885 bits per heavy atom.